The van der Waals surface area contributed by atoms with Crippen molar-refractivity contribution in [3.8, 4) is 0 Å². The fraction of sp³-hybridized carbons (Fsp3) is 0.462. The van der Waals surface area contributed by atoms with Gasteiger partial charge in [-0.1, -0.05) is 29.8 Å². The third-order valence-corrected chi connectivity index (χ3v) is 3.92. The number of rotatable bonds is 2. The molecular formula is C13H17ClN2O. The topological polar surface area (TPSA) is 55.1 Å². The summed E-state index contributed by atoms with van der Waals surface area (Å²) in [5, 5.41) is 3.63. The zero-order valence-corrected chi connectivity index (χ0v) is 10.5. The second-order valence-corrected chi connectivity index (χ2v) is 4.97. The number of benzene rings is 1. The molecule has 1 fully saturated rings. The van der Waals surface area contributed by atoms with Gasteiger partial charge in [0.25, 0.3) is 0 Å². The van der Waals surface area contributed by atoms with Crippen LogP contribution in [0, 0.1) is 0 Å². The van der Waals surface area contributed by atoms with Gasteiger partial charge in [-0.3, -0.25) is 4.79 Å². The molecule has 0 radical (unpaired) electrons. The van der Waals surface area contributed by atoms with E-state index in [9.17, 15) is 4.79 Å². The minimum absolute atomic E-state index is 0.104. The smallest absolute Gasteiger partial charge is 0.220 e. The number of halogens is 1. The summed E-state index contributed by atoms with van der Waals surface area (Å²) in [5.41, 5.74) is 6.86. The van der Waals surface area contributed by atoms with Gasteiger partial charge < -0.3 is 11.1 Å². The van der Waals surface area contributed by atoms with E-state index in [0.29, 0.717) is 19.5 Å². The van der Waals surface area contributed by atoms with Gasteiger partial charge in [-0.15, -0.1) is 0 Å². The van der Waals surface area contributed by atoms with Crippen molar-refractivity contribution < 1.29 is 4.79 Å². The Morgan fingerprint density at radius 2 is 2.12 bits per heavy atom. The van der Waals surface area contributed by atoms with Crippen LogP contribution in [0.5, 0.6) is 0 Å². The molecule has 0 bridgehead atoms. The third-order valence-electron chi connectivity index (χ3n) is 3.59. The maximum Gasteiger partial charge on any atom is 0.220 e. The highest BCUT2D eigenvalue weighted by Gasteiger charge is 2.34. The second kappa shape index (κ2) is 5.07. The first-order valence-electron chi connectivity index (χ1n) is 5.90. The van der Waals surface area contributed by atoms with Gasteiger partial charge in [0.2, 0.25) is 5.91 Å². The van der Waals surface area contributed by atoms with Crippen LogP contribution in [-0.2, 0) is 10.2 Å². The number of carbonyl (C=O) groups is 1. The van der Waals surface area contributed by atoms with Crippen molar-refractivity contribution in [3.05, 3.63) is 34.9 Å². The first kappa shape index (κ1) is 12.4. The van der Waals surface area contributed by atoms with Gasteiger partial charge in [0, 0.05) is 29.9 Å². The van der Waals surface area contributed by atoms with E-state index >= 15 is 0 Å². The zero-order valence-electron chi connectivity index (χ0n) is 9.71. The second-order valence-electron chi connectivity index (χ2n) is 4.56. The number of carbonyl (C=O) groups excluding carboxylic acids is 1. The van der Waals surface area contributed by atoms with Crippen molar-refractivity contribution in [1.29, 1.82) is 0 Å². The highest BCUT2D eigenvalue weighted by atomic mass is 35.5. The molecule has 1 aromatic carbocycles. The summed E-state index contributed by atoms with van der Waals surface area (Å²) in [6.07, 6.45) is 2.13. The van der Waals surface area contributed by atoms with E-state index in [4.69, 9.17) is 17.3 Å². The molecule has 3 nitrogen and oxygen atoms in total. The quantitative estimate of drug-likeness (QED) is 0.844. The Morgan fingerprint density at radius 1 is 1.35 bits per heavy atom. The van der Waals surface area contributed by atoms with Crippen molar-refractivity contribution in [2.24, 2.45) is 5.73 Å². The van der Waals surface area contributed by atoms with E-state index in [0.717, 1.165) is 23.4 Å². The summed E-state index contributed by atoms with van der Waals surface area (Å²) in [6.45, 7) is 1.19. The normalized spacial score (nSPS) is 25.2. The van der Waals surface area contributed by atoms with Crippen LogP contribution in [0.15, 0.2) is 24.3 Å². The molecule has 0 aromatic heterocycles. The highest BCUT2D eigenvalue weighted by molar-refractivity contribution is 6.31. The van der Waals surface area contributed by atoms with E-state index in [1.165, 1.54) is 0 Å². The Hall–Kier alpha value is -1.06. The molecule has 3 N–H and O–H groups in total. The fourth-order valence-corrected chi connectivity index (χ4v) is 2.82. The summed E-state index contributed by atoms with van der Waals surface area (Å²) >= 11 is 6.25. The molecule has 0 aliphatic carbocycles. The fourth-order valence-electron chi connectivity index (χ4n) is 2.48. The molecule has 2 rings (SSSR count). The molecule has 4 heteroatoms. The molecule has 1 amide bonds. The molecule has 92 valence electrons. The van der Waals surface area contributed by atoms with Crippen LogP contribution >= 0.6 is 11.6 Å². The Balaban J connectivity index is 2.36. The average molecular weight is 253 g/mol. The van der Waals surface area contributed by atoms with Gasteiger partial charge in [-0.2, -0.15) is 0 Å². The van der Waals surface area contributed by atoms with Crippen molar-refractivity contribution in [3.63, 3.8) is 0 Å². The van der Waals surface area contributed by atoms with E-state index in [1.807, 2.05) is 24.3 Å². The minimum atomic E-state index is -0.169. The van der Waals surface area contributed by atoms with Gasteiger partial charge in [0.15, 0.2) is 0 Å². The van der Waals surface area contributed by atoms with Crippen LogP contribution in [0.4, 0.5) is 0 Å². The maximum atomic E-state index is 11.4. The summed E-state index contributed by atoms with van der Waals surface area (Å²) < 4.78 is 0. The third kappa shape index (κ3) is 2.45. The molecule has 1 aliphatic heterocycles. The van der Waals surface area contributed by atoms with Crippen molar-refractivity contribution in [1.82, 2.24) is 5.32 Å². The van der Waals surface area contributed by atoms with E-state index in [2.05, 4.69) is 5.32 Å². The minimum Gasteiger partial charge on any atom is -0.356 e. The van der Waals surface area contributed by atoms with Crippen LogP contribution in [-0.4, -0.2) is 19.0 Å². The molecule has 1 saturated heterocycles. The van der Waals surface area contributed by atoms with Gasteiger partial charge >= 0.3 is 0 Å². The molecule has 1 unspecified atom stereocenters. The molecular weight excluding hydrogens is 236 g/mol. The zero-order chi connectivity index (χ0) is 12.3. The maximum absolute atomic E-state index is 11.4. The Kier molecular flexibility index (Phi) is 3.69. The van der Waals surface area contributed by atoms with Crippen molar-refractivity contribution in [2.75, 3.05) is 13.1 Å². The van der Waals surface area contributed by atoms with Crippen LogP contribution in [0.1, 0.15) is 24.8 Å². The molecule has 0 spiro atoms. The van der Waals surface area contributed by atoms with E-state index in [-0.39, 0.29) is 11.3 Å². The molecule has 1 aliphatic rings. The number of amides is 1. The summed E-state index contributed by atoms with van der Waals surface area (Å²) in [6, 6.07) is 7.79. The highest BCUT2D eigenvalue weighted by Crippen LogP contribution is 2.37. The van der Waals surface area contributed by atoms with Gasteiger partial charge in [-0.25, -0.2) is 0 Å². The molecule has 1 atom stereocenters. The predicted octanol–water partition coefficient (Wildman–Crippen LogP) is 1.84. The van der Waals surface area contributed by atoms with Crippen molar-refractivity contribution >= 4 is 17.5 Å². The van der Waals surface area contributed by atoms with Crippen molar-refractivity contribution in [2.45, 2.75) is 24.7 Å². The lowest BCUT2D eigenvalue weighted by atomic mass is 9.74. The number of hydrogen-bond acceptors (Lipinski definition) is 2. The SMILES string of the molecule is NCC1(c2ccccc2Cl)CCNC(=O)CC1. The Labute approximate surface area is 106 Å². The molecule has 1 aromatic rings. The van der Waals surface area contributed by atoms with E-state index in [1.54, 1.807) is 0 Å². The lowest BCUT2D eigenvalue weighted by molar-refractivity contribution is -0.120. The lowest BCUT2D eigenvalue weighted by Gasteiger charge is -2.32. The van der Waals surface area contributed by atoms with E-state index < -0.39 is 0 Å². The number of hydrogen-bond donors (Lipinski definition) is 2. The number of nitrogens with two attached hydrogens (primary N) is 1. The van der Waals surface area contributed by atoms with Crippen LogP contribution < -0.4 is 11.1 Å². The molecule has 17 heavy (non-hydrogen) atoms. The van der Waals surface area contributed by atoms with Gasteiger partial charge in [0.05, 0.1) is 0 Å². The summed E-state index contributed by atoms with van der Waals surface area (Å²) in [7, 11) is 0. The monoisotopic (exact) mass is 252 g/mol. The molecule has 0 saturated carbocycles. The van der Waals surface area contributed by atoms with Crippen LogP contribution in [0.2, 0.25) is 5.02 Å². The summed E-state index contributed by atoms with van der Waals surface area (Å²) in [5.74, 6) is 0.104. The Bertz CT molecular complexity index is 422. The van der Waals surface area contributed by atoms with Gasteiger partial charge in [0.1, 0.15) is 0 Å². The van der Waals surface area contributed by atoms with Crippen LogP contribution in [0.3, 0.4) is 0 Å². The summed E-state index contributed by atoms with van der Waals surface area (Å²) in [4.78, 5) is 11.4. The average Bonchev–Trinajstić information content (AvgIpc) is 2.53. The Morgan fingerprint density at radius 3 is 2.82 bits per heavy atom. The number of nitrogens with one attached hydrogen (secondary N) is 1. The largest absolute Gasteiger partial charge is 0.356 e. The van der Waals surface area contributed by atoms with Gasteiger partial charge in [-0.05, 0) is 24.5 Å². The predicted molar refractivity (Wildman–Crippen MR) is 69.0 cm³/mol. The van der Waals surface area contributed by atoms with Crippen LogP contribution in [0.25, 0.3) is 0 Å². The molecule has 1 heterocycles. The lowest BCUT2D eigenvalue weighted by Crippen LogP contribution is -2.36. The first-order valence-corrected chi connectivity index (χ1v) is 6.27. The standard InChI is InChI=1S/C13H17ClN2O/c14-11-4-2-1-3-10(11)13(9-15)6-5-12(17)16-8-7-13/h1-4H,5-9,15H2,(H,16,17). The first-order chi connectivity index (χ1) is 8.18.